The van der Waals surface area contributed by atoms with E-state index in [1.807, 2.05) is 97.9 Å². The highest BCUT2D eigenvalue weighted by Crippen LogP contribution is 2.57. The summed E-state index contributed by atoms with van der Waals surface area (Å²) in [6.45, 7) is 8.27. The Morgan fingerprint density at radius 1 is 0.622 bits per heavy atom. The number of carbonyl (C=O) groups excluding carboxylic acids is 1. The highest BCUT2D eigenvalue weighted by atomic mass is 16.8. The molecule has 15 nitrogen and oxygen atoms in total. The highest BCUT2D eigenvalue weighted by molar-refractivity contribution is 5.98. The van der Waals surface area contributed by atoms with Crippen LogP contribution in [0.15, 0.2) is 103 Å². The van der Waals surface area contributed by atoms with Crippen LogP contribution in [0.5, 0.6) is 11.5 Å². The van der Waals surface area contributed by atoms with Gasteiger partial charge in [0.15, 0.2) is 5.79 Å². The summed E-state index contributed by atoms with van der Waals surface area (Å²) in [6, 6.07) is 29.0. The first-order valence-corrected chi connectivity index (χ1v) is 27.0. The summed E-state index contributed by atoms with van der Waals surface area (Å²) in [4.78, 5) is 53.4. The van der Waals surface area contributed by atoms with Crippen LogP contribution in [0.25, 0.3) is 0 Å². The van der Waals surface area contributed by atoms with Crippen LogP contribution in [0.4, 0.5) is 0 Å². The molecule has 15 heteroatoms. The fraction of sp³-hybridized carbons (Fsp3) is 0.593. The van der Waals surface area contributed by atoms with Gasteiger partial charge >= 0.3 is 23.9 Å². The van der Waals surface area contributed by atoms with Crippen molar-refractivity contribution in [3.63, 3.8) is 0 Å². The Kier molecular flexibility index (Phi) is 24.9. The maximum atomic E-state index is 13.9. The van der Waals surface area contributed by atoms with E-state index in [1.54, 1.807) is 0 Å². The van der Waals surface area contributed by atoms with Gasteiger partial charge in [-0.2, -0.15) is 0 Å². The predicted octanol–water partition coefficient (Wildman–Crippen LogP) is 10.9. The topological polar surface area (TPSA) is 214 Å². The number of fused-ring (bicyclic) bond motifs is 2. The van der Waals surface area contributed by atoms with Crippen LogP contribution in [0.1, 0.15) is 148 Å². The third kappa shape index (κ3) is 16.6. The van der Waals surface area contributed by atoms with Gasteiger partial charge in [-0.3, -0.25) is 4.79 Å². The van der Waals surface area contributed by atoms with Gasteiger partial charge in [-0.1, -0.05) is 170 Å². The van der Waals surface area contributed by atoms with E-state index in [0.29, 0.717) is 44.5 Å². The van der Waals surface area contributed by atoms with Crippen molar-refractivity contribution in [2.45, 2.75) is 190 Å². The lowest BCUT2D eigenvalue weighted by Crippen LogP contribution is -2.79. The van der Waals surface area contributed by atoms with Crippen molar-refractivity contribution >= 4 is 23.9 Å². The summed E-state index contributed by atoms with van der Waals surface area (Å²) in [5, 5.41) is 45.5. The number of esters is 1. The molecule has 0 radical (unpaired) electrons. The molecule has 3 aromatic rings. The van der Waals surface area contributed by atoms with E-state index in [4.69, 9.17) is 33.2 Å². The molecule has 0 saturated carbocycles. The van der Waals surface area contributed by atoms with Gasteiger partial charge in [0.25, 0.3) is 0 Å². The number of hydrogen-bond donors (Lipinski definition) is 4. The standard InChI is InChI=1S/C59H82O15/c1-44(50(72-46(3)60)45(2)43-47-31-21-18-22-32-47)37-38-57-51(61)52(70-41-29-16-12-8-4-6-10-14-27-39-68-48-33-23-19-24-34-48)59(74-57,56(66)67)58(55(64)65,53(73-57)54(62)63)71-42-30-17-13-9-5-7-11-15-28-40-69-49-35-25-20-26-36-49/h18-26,31-36,45,50-53,61H,1,4-17,27-30,37-43H2,2-3H3,(H,62,63)(H,64,65)(H,66,67)/t45-,50-,51-,52-,53-,57+,58-,59+/m1/s1. The molecule has 0 spiro atoms. The van der Waals surface area contributed by atoms with Gasteiger partial charge in [0.1, 0.15) is 29.8 Å². The Balaban J connectivity index is 1.22. The van der Waals surface area contributed by atoms with Gasteiger partial charge in [0.05, 0.1) is 13.2 Å². The van der Waals surface area contributed by atoms with Gasteiger partial charge in [0.2, 0.25) is 17.3 Å². The number of aliphatic hydroxyl groups is 1. The quantitative estimate of drug-likeness (QED) is 0.0238. The van der Waals surface area contributed by atoms with Crippen LogP contribution < -0.4 is 9.47 Å². The van der Waals surface area contributed by atoms with Crippen LogP contribution in [0, 0.1) is 5.92 Å². The normalized spacial score (nSPS) is 22.9. The Morgan fingerprint density at radius 2 is 1.07 bits per heavy atom. The number of carbonyl (C=O) groups is 4. The molecule has 4 N–H and O–H groups in total. The molecule has 0 amide bonds. The third-order valence-corrected chi connectivity index (χ3v) is 14.2. The Hall–Kier alpha value is -5.32. The van der Waals surface area contributed by atoms with Crippen molar-refractivity contribution < 1.29 is 72.8 Å². The van der Waals surface area contributed by atoms with Gasteiger partial charge < -0.3 is 53.6 Å². The Bertz CT molecular complexity index is 2140. The molecule has 408 valence electrons. The lowest BCUT2D eigenvalue weighted by molar-refractivity contribution is -0.380. The van der Waals surface area contributed by atoms with Crippen LogP contribution in [-0.2, 0) is 49.3 Å². The third-order valence-electron chi connectivity index (χ3n) is 14.2. The number of para-hydroxylation sites is 2. The number of hydrogen-bond acceptors (Lipinski definition) is 12. The second-order valence-electron chi connectivity index (χ2n) is 20.0. The molecule has 0 aromatic heterocycles. The number of carboxylic acid groups (broad SMARTS) is 3. The molecule has 2 aliphatic rings. The van der Waals surface area contributed by atoms with Crippen molar-refractivity contribution in [3.8, 4) is 11.5 Å². The fourth-order valence-corrected chi connectivity index (χ4v) is 10.3. The molecule has 74 heavy (non-hydrogen) atoms. The molecule has 8 atom stereocenters. The van der Waals surface area contributed by atoms with Gasteiger partial charge in [-0.05, 0) is 73.9 Å². The van der Waals surface area contributed by atoms with Crippen LogP contribution >= 0.6 is 0 Å². The minimum Gasteiger partial charge on any atom is -0.494 e. The largest absolute Gasteiger partial charge is 0.494 e. The summed E-state index contributed by atoms with van der Waals surface area (Å²) in [7, 11) is 0. The maximum absolute atomic E-state index is 13.9. The molecule has 2 fully saturated rings. The number of ether oxygens (including phenoxy) is 7. The first-order chi connectivity index (χ1) is 35.8. The lowest BCUT2D eigenvalue weighted by Gasteiger charge is -2.51. The lowest BCUT2D eigenvalue weighted by atomic mass is 9.74. The molecule has 0 unspecified atom stereocenters. The smallest absolute Gasteiger partial charge is 0.343 e. The Labute approximate surface area is 437 Å². The van der Waals surface area contributed by atoms with Gasteiger partial charge in [-0.25, -0.2) is 14.4 Å². The van der Waals surface area contributed by atoms with Gasteiger partial charge in [-0.15, -0.1) is 0 Å². The number of benzene rings is 3. The SMILES string of the molecule is C=C(CC[C@]12O[C@H](C(=O)O)[C@@](OCCCCCCCCCCCOc3ccccc3)(C(=O)O)[C@](C(=O)O)(O1)[C@H](OCCCCCCCCCCCOc1ccccc1)[C@H]2O)[C@@H](OC(C)=O)[C@H](C)Cc1ccccc1. The molecule has 3 aromatic carbocycles. The highest BCUT2D eigenvalue weighted by Gasteiger charge is 2.86. The first-order valence-electron chi connectivity index (χ1n) is 27.0. The van der Waals surface area contributed by atoms with E-state index < -0.39 is 71.7 Å². The molecule has 2 aliphatic heterocycles. The summed E-state index contributed by atoms with van der Waals surface area (Å²) in [6.07, 6.45) is 8.69. The first kappa shape index (κ1) is 59.6. The molecule has 2 bridgehead atoms. The number of aliphatic hydroxyl groups excluding tert-OH is 1. The summed E-state index contributed by atoms with van der Waals surface area (Å²) < 4.78 is 42.0. The minimum absolute atomic E-state index is 0.0925. The van der Waals surface area contributed by atoms with Crippen molar-refractivity contribution in [2.24, 2.45) is 5.92 Å². The second kappa shape index (κ2) is 30.9. The zero-order valence-corrected chi connectivity index (χ0v) is 43.7. The molecule has 2 heterocycles. The van der Waals surface area contributed by atoms with Crippen molar-refractivity contribution in [3.05, 3.63) is 109 Å². The van der Waals surface area contributed by atoms with E-state index >= 15 is 0 Å². The minimum atomic E-state index is -3.20. The zero-order chi connectivity index (χ0) is 53.2. The zero-order valence-electron chi connectivity index (χ0n) is 43.7. The average molecular weight is 1030 g/mol. The summed E-state index contributed by atoms with van der Waals surface area (Å²) >= 11 is 0. The van der Waals surface area contributed by atoms with E-state index in [9.17, 15) is 39.6 Å². The molecular weight excluding hydrogens is 949 g/mol. The second-order valence-corrected chi connectivity index (χ2v) is 20.0. The van der Waals surface area contributed by atoms with E-state index in [-0.39, 0.29) is 32.0 Å². The maximum Gasteiger partial charge on any atom is 0.343 e. The number of rotatable bonds is 39. The average Bonchev–Trinajstić information content (AvgIpc) is 3.60. The van der Waals surface area contributed by atoms with E-state index in [0.717, 1.165) is 107 Å². The number of unbranched alkanes of at least 4 members (excludes halogenated alkanes) is 16. The van der Waals surface area contributed by atoms with Crippen LogP contribution in [-0.4, -0.2) is 112 Å². The molecule has 0 aliphatic carbocycles. The summed E-state index contributed by atoms with van der Waals surface area (Å²) in [5.41, 5.74) is -4.94. The monoisotopic (exact) mass is 1030 g/mol. The predicted molar refractivity (Wildman–Crippen MR) is 279 cm³/mol. The van der Waals surface area contributed by atoms with Gasteiger partial charge in [0, 0.05) is 32.5 Å². The van der Waals surface area contributed by atoms with Crippen molar-refractivity contribution in [2.75, 3.05) is 26.4 Å². The fourth-order valence-electron chi connectivity index (χ4n) is 10.3. The number of aliphatic carboxylic acids is 3. The molecule has 5 rings (SSSR count). The van der Waals surface area contributed by atoms with Crippen LogP contribution in [0.3, 0.4) is 0 Å². The summed E-state index contributed by atoms with van der Waals surface area (Å²) in [5.74, 6) is -7.19. The van der Waals surface area contributed by atoms with Crippen molar-refractivity contribution in [1.29, 1.82) is 0 Å². The molecule has 2 saturated heterocycles. The van der Waals surface area contributed by atoms with E-state index in [2.05, 4.69) is 6.58 Å². The number of carboxylic acids is 3. The Morgan fingerprint density at radius 3 is 1.51 bits per heavy atom. The molecular formula is C59H82O15. The van der Waals surface area contributed by atoms with E-state index in [1.165, 1.54) is 6.92 Å². The van der Waals surface area contributed by atoms with Crippen LogP contribution in [0.2, 0.25) is 0 Å². The van der Waals surface area contributed by atoms with Crippen molar-refractivity contribution in [1.82, 2.24) is 0 Å².